The Balaban J connectivity index is 2.10. The van der Waals surface area contributed by atoms with E-state index >= 15 is 0 Å². The van der Waals surface area contributed by atoms with Gasteiger partial charge in [-0.05, 0) is 36.4 Å². The summed E-state index contributed by atoms with van der Waals surface area (Å²) < 4.78 is 1.05. The summed E-state index contributed by atoms with van der Waals surface area (Å²) >= 11 is 15.6. The molecule has 17 heavy (non-hydrogen) atoms. The number of benzene rings is 2. The largest absolute Gasteiger partial charge is 0.381 e. The van der Waals surface area contributed by atoms with E-state index < -0.39 is 0 Å². The van der Waals surface area contributed by atoms with Crippen LogP contribution in [0.5, 0.6) is 0 Å². The maximum atomic E-state index is 6.09. The summed E-state index contributed by atoms with van der Waals surface area (Å²) in [7, 11) is 0. The molecule has 0 aromatic heterocycles. The highest BCUT2D eigenvalue weighted by Gasteiger charge is 2.04. The van der Waals surface area contributed by atoms with Gasteiger partial charge in [-0.15, -0.1) is 0 Å². The van der Waals surface area contributed by atoms with Crippen LogP contribution in [0.2, 0.25) is 10.0 Å². The van der Waals surface area contributed by atoms with Gasteiger partial charge in [-0.25, -0.2) is 0 Å². The van der Waals surface area contributed by atoms with Gasteiger partial charge < -0.3 is 5.32 Å². The van der Waals surface area contributed by atoms with Gasteiger partial charge in [0.1, 0.15) is 0 Å². The third-order valence-corrected chi connectivity index (χ3v) is 3.61. The third kappa shape index (κ3) is 3.38. The summed E-state index contributed by atoms with van der Waals surface area (Å²) in [5.41, 5.74) is 1.95. The van der Waals surface area contributed by atoms with Crippen molar-refractivity contribution in [2.75, 3.05) is 5.32 Å². The SMILES string of the molecule is Clc1cccc(Cl)c1CNc1ccc(Br)cc1. The first-order valence-corrected chi connectivity index (χ1v) is 6.64. The Kier molecular flexibility index (Phi) is 4.32. The average molecular weight is 331 g/mol. The molecule has 0 atom stereocenters. The van der Waals surface area contributed by atoms with Gasteiger partial charge in [0.15, 0.2) is 0 Å². The van der Waals surface area contributed by atoms with Gasteiger partial charge in [-0.2, -0.15) is 0 Å². The van der Waals surface area contributed by atoms with Gasteiger partial charge in [-0.3, -0.25) is 0 Å². The number of nitrogens with one attached hydrogen (secondary N) is 1. The molecule has 0 bridgehead atoms. The summed E-state index contributed by atoms with van der Waals surface area (Å²) in [4.78, 5) is 0. The van der Waals surface area contributed by atoms with Crippen molar-refractivity contribution in [1.82, 2.24) is 0 Å². The molecule has 2 aromatic rings. The lowest BCUT2D eigenvalue weighted by Gasteiger charge is -2.09. The highest BCUT2D eigenvalue weighted by Crippen LogP contribution is 2.25. The van der Waals surface area contributed by atoms with Crippen molar-refractivity contribution >= 4 is 44.8 Å². The zero-order valence-electron chi connectivity index (χ0n) is 8.88. The van der Waals surface area contributed by atoms with E-state index in [1.54, 1.807) is 0 Å². The first-order chi connectivity index (χ1) is 8.16. The van der Waals surface area contributed by atoms with Gasteiger partial charge in [0, 0.05) is 32.3 Å². The van der Waals surface area contributed by atoms with Crippen LogP contribution in [0.25, 0.3) is 0 Å². The van der Waals surface area contributed by atoms with Crippen LogP contribution in [0.3, 0.4) is 0 Å². The van der Waals surface area contributed by atoms with E-state index in [2.05, 4.69) is 21.2 Å². The van der Waals surface area contributed by atoms with Crippen LogP contribution in [-0.4, -0.2) is 0 Å². The molecule has 0 radical (unpaired) electrons. The van der Waals surface area contributed by atoms with Gasteiger partial charge in [0.05, 0.1) is 0 Å². The minimum atomic E-state index is 0.611. The highest BCUT2D eigenvalue weighted by molar-refractivity contribution is 9.10. The maximum Gasteiger partial charge on any atom is 0.0470 e. The molecule has 2 rings (SSSR count). The van der Waals surface area contributed by atoms with Crippen LogP contribution < -0.4 is 5.32 Å². The highest BCUT2D eigenvalue weighted by atomic mass is 79.9. The molecule has 0 heterocycles. The van der Waals surface area contributed by atoms with Crippen molar-refractivity contribution in [2.24, 2.45) is 0 Å². The Morgan fingerprint density at radius 2 is 1.53 bits per heavy atom. The van der Waals surface area contributed by atoms with E-state index in [1.165, 1.54) is 0 Å². The molecule has 0 saturated carbocycles. The number of anilines is 1. The predicted molar refractivity (Wildman–Crippen MR) is 77.9 cm³/mol. The fraction of sp³-hybridized carbons (Fsp3) is 0.0769. The topological polar surface area (TPSA) is 12.0 Å². The monoisotopic (exact) mass is 329 g/mol. The molecule has 0 saturated heterocycles. The number of rotatable bonds is 3. The quantitative estimate of drug-likeness (QED) is 0.797. The lowest BCUT2D eigenvalue weighted by molar-refractivity contribution is 1.15. The fourth-order valence-electron chi connectivity index (χ4n) is 1.46. The molecular formula is C13H10BrCl2N. The van der Waals surface area contributed by atoms with E-state index in [0.717, 1.165) is 15.7 Å². The van der Waals surface area contributed by atoms with E-state index in [1.807, 2.05) is 42.5 Å². The molecule has 1 N–H and O–H groups in total. The predicted octanol–water partition coefficient (Wildman–Crippen LogP) is 5.37. The average Bonchev–Trinajstić information content (AvgIpc) is 2.31. The molecular weight excluding hydrogens is 321 g/mol. The molecule has 2 aromatic carbocycles. The molecule has 0 aliphatic heterocycles. The van der Waals surface area contributed by atoms with Crippen LogP contribution in [0.1, 0.15) is 5.56 Å². The van der Waals surface area contributed by atoms with Crippen LogP contribution in [-0.2, 0) is 6.54 Å². The summed E-state index contributed by atoms with van der Waals surface area (Å²) in [5.74, 6) is 0. The first-order valence-electron chi connectivity index (χ1n) is 5.09. The van der Waals surface area contributed by atoms with E-state index in [0.29, 0.717) is 16.6 Å². The van der Waals surface area contributed by atoms with Crippen LogP contribution in [0, 0.1) is 0 Å². The van der Waals surface area contributed by atoms with Crippen molar-refractivity contribution < 1.29 is 0 Å². The van der Waals surface area contributed by atoms with Crippen molar-refractivity contribution in [1.29, 1.82) is 0 Å². The Morgan fingerprint density at radius 3 is 2.12 bits per heavy atom. The smallest absolute Gasteiger partial charge is 0.0470 e. The van der Waals surface area contributed by atoms with Gasteiger partial charge in [-0.1, -0.05) is 45.2 Å². The summed E-state index contributed by atoms with van der Waals surface area (Å²) in [6.45, 7) is 0.611. The molecule has 0 spiro atoms. The molecule has 0 aliphatic rings. The zero-order valence-corrected chi connectivity index (χ0v) is 12.0. The Hall–Kier alpha value is -0.700. The van der Waals surface area contributed by atoms with Crippen LogP contribution >= 0.6 is 39.1 Å². The lowest BCUT2D eigenvalue weighted by atomic mass is 10.2. The second-order valence-electron chi connectivity index (χ2n) is 3.56. The molecule has 0 aliphatic carbocycles. The van der Waals surface area contributed by atoms with Gasteiger partial charge in [0.25, 0.3) is 0 Å². The second-order valence-corrected chi connectivity index (χ2v) is 5.29. The fourth-order valence-corrected chi connectivity index (χ4v) is 2.25. The Bertz CT molecular complexity index is 491. The van der Waals surface area contributed by atoms with Crippen molar-refractivity contribution in [2.45, 2.75) is 6.54 Å². The van der Waals surface area contributed by atoms with E-state index in [9.17, 15) is 0 Å². The summed E-state index contributed by atoms with van der Waals surface area (Å²) in [5, 5.41) is 4.65. The van der Waals surface area contributed by atoms with Gasteiger partial charge >= 0.3 is 0 Å². The molecule has 88 valence electrons. The number of halogens is 3. The molecule has 0 fully saturated rings. The zero-order chi connectivity index (χ0) is 12.3. The molecule has 4 heteroatoms. The molecule has 0 unspecified atom stereocenters. The lowest BCUT2D eigenvalue weighted by Crippen LogP contribution is -2.00. The standard InChI is InChI=1S/C13H10BrCl2N/c14-9-4-6-10(7-5-9)17-8-11-12(15)2-1-3-13(11)16/h1-7,17H,8H2. The van der Waals surface area contributed by atoms with E-state index in [-0.39, 0.29) is 0 Å². The minimum absolute atomic E-state index is 0.611. The van der Waals surface area contributed by atoms with Crippen molar-refractivity contribution in [3.63, 3.8) is 0 Å². The molecule has 0 amide bonds. The summed E-state index contributed by atoms with van der Waals surface area (Å²) in [6, 6.07) is 13.5. The van der Waals surface area contributed by atoms with Crippen LogP contribution in [0.4, 0.5) is 5.69 Å². The number of hydrogen-bond donors (Lipinski definition) is 1. The Labute approximate surface area is 119 Å². The van der Waals surface area contributed by atoms with Crippen molar-refractivity contribution in [3.8, 4) is 0 Å². The van der Waals surface area contributed by atoms with Crippen LogP contribution in [0.15, 0.2) is 46.9 Å². The van der Waals surface area contributed by atoms with Crippen molar-refractivity contribution in [3.05, 3.63) is 62.5 Å². The molecule has 1 nitrogen and oxygen atoms in total. The summed E-state index contributed by atoms with van der Waals surface area (Å²) in [6.07, 6.45) is 0. The first kappa shape index (κ1) is 12.7. The van der Waals surface area contributed by atoms with E-state index in [4.69, 9.17) is 23.2 Å². The normalized spacial score (nSPS) is 10.3. The van der Waals surface area contributed by atoms with Gasteiger partial charge in [0.2, 0.25) is 0 Å². The minimum Gasteiger partial charge on any atom is -0.381 e. The third-order valence-electron chi connectivity index (χ3n) is 2.38. The Morgan fingerprint density at radius 1 is 0.941 bits per heavy atom. The second kappa shape index (κ2) is 5.76. The maximum absolute atomic E-state index is 6.09. The number of hydrogen-bond acceptors (Lipinski definition) is 1.